The molecule has 3 nitrogen and oxygen atoms in total. The molecule has 0 saturated carbocycles. The van der Waals surface area contributed by atoms with Crippen LogP contribution < -0.4 is 0 Å². The van der Waals surface area contributed by atoms with Crippen LogP contribution in [0.15, 0.2) is 84.9 Å². The number of rotatable bonds is 4. The van der Waals surface area contributed by atoms with E-state index in [1.165, 1.54) is 7.11 Å². The number of esters is 1. The van der Waals surface area contributed by atoms with Gasteiger partial charge in [-0.3, -0.25) is 9.59 Å². The molecule has 0 N–H and O–H groups in total. The SMILES string of the molecule is COC(=O)C12Cc3ccccc3C1=C(c1ccccc1)C(C)(C(=O)c1ccccc1)C2. The smallest absolute Gasteiger partial charge is 0.316 e. The number of ketones is 1. The molecule has 2 aliphatic carbocycles. The molecule has 0 aromatic heterocycles. The Balaban J connectivity index is 1.84. The van der Waals surface area contributed by atoms with E-state index < -0.39 is 10.8 Å². The van der Waals surface area contributed by atoms with Crippen molar-refractivity contribution in [1.82, 2.24) is 0 Å². The molecule has 3 heteroatoms. The minimum absolute atomic E-state index is 0.0367. The molecule has 2 unspecified atom stereocenters. The van der Waals surface area contributed by atoms with Crippen molar-refractivity contribution in [3.8, 4) is 0 Å². The number of hydrogen-bond donors (Lipinski definition) is 0. The lowest BCUT2D eigenvalue weighted by molar-refractivity contribution is -0.149. The third kappa shape index (κ3) is 2.73. The summed E-state index contributed by atoms with van der Waals surface area (Å²) in [5.74, 6) is -0.230. The molecule has 154 valence electrons. The van der Waals surface area contributed by atoms with E-state index in [4.69, 9.17) is 4.74 Å². The minimum Gasteiger partial charge on any atom is -0.468 e. The van der Waals surface area contributed by atoms with Gasteiger partial charge in [0.2, 0.25) is 0 Å². The van der Waals surface area contributed by atoms with E-state index in [0.29, 0.717) is 18.4 Å². The van der Waals surface area contributed by atoms with Gasteiger partial charge in [-0.1, -0.05) is 84.9 Å². The third-order valence-electron chi connectivity index (χ3n) is 6.89. The van der Waals surface area contributed by atoms with Crippen LogP contribution in [-0.2, 0) is 16.0 Å². The van der Waals surface area contributed by atoms with E-state index in [1.807, 2.05) is 79.7 Å². The average molecular weight is 408 g/mol. The van der Waals surface area contributed by atoms with E-state index in [-0.39, 0.29) is 11.8 Å². The summed E-state index contributed by atoms with van der Waals surface area (Å²) in [4.78, 5) is 27.3. The van der Waals surface area contributed by atoms with Gasteiger partial charge in [-0.2, -0.15) is 0 Å². The molecule has 0 heterocycles. The minimum atomic E-state index is -0.858. The van der Waals surface area contributed by atoms with E-state index >= 15 is 0 Å². The van der Waals surface area contributed by atoms with Crippen molar-refractivity contribution in [2.45, 2.75) is 19.8 Å². The summed E-state index contributed by atoms with van der Waals surface area (Å²) in [5, 5.41) is 0. The Labute approximate surface area is 182 Å². The number of allylic oxidation sites excluding steroid dienone is 1. The Morgan fingerprint density at radius 1 is 0.806 bits per heavy atom. The van der Waals surface area contributed by atoms with Crippen molar-refractivity contribution in [3.63, 3.8) is 0 Å². The van der Waals surface area contributed by atoms with Gasteiger partial charge in [0.25, 0.3) is 0 Å². The average Bonchev–Trinajstić information content (AvgIpc) is 3.27. The molecule has 0 fully saturated rings. The number of Topliss-reactive ketones (excluding diaryl/α,β-unsaturated/α-hetero) is 1. The van der Waals surface area contributed by atoms with Crippen molar-refractivity contribution in [1.29, 1.82) is 0 Å². The number of fused-ring (bicyclic) bond motifs is 3. The summed E-state index contributed by atoms with van der Waals surface area (Å²) in [5.41, 5.74) is 4.01. The van der Waals surface area contributed by atoms with Crippen LogP contribution in [0.25, 0.3) is 11.1 Å². The number of carbonyl (C=O) groups is 2. The number of carbonyl (C=O) groups excluding carboxylic acids is 2. The van der Waals surface area contributed by atoms with Crippen LogP contribution in [0.2, 0.25) is 0 Å². The summed E-state index contributed by atoms with van der Waals surface area (Å²) < 4.78 is 5.35. The lowest BCUT2D eigenvalue weighted by Gasteiger charge is -2.30. The number of benzene rings is 3. The van der Waals surface area contributed by atoms with Gasteiger partial charge >= 0.3 is 5.97 Å². The molecular formula is C28H24O3. The van der Waals surface area contributed by atoms with Crippen LogP contribution in [0.3, 0.4) is 0 Å². The maximum absolute atomic E-state index is 14.0. The Bertz CT molecular complexity index is 1210. The maximum Gasteiger partial charge on any atom is 0.316 e. The van der Waals surface area contributed by atoms with Gasteiger partial charge in [0, 0.05) is 5.56 Å². The van der Waals surface area contributed by atoms with Crippen LogP contribution in [0, 0.1) is 10.8 Å². The molecule has 0 aliphatic heterocycles. The highest BCUT2D eigenvalue weighted by Gasteiger charge is 2.62. The monoisotopic (exact) mass is 408 g/mol. The zero-order valence-corrected chi connectivity index (χ0v) is 17.7. The van der Waals surface area contributed by atoms with Crippen molar-refractivity contribution in [2.24, 2.45) is 10.8 Å². The first-order valence-electron chi connectivity index (χ1n) is 10.6. The van der Waals surface area contributed by atoms with Crippen LogP contribution in [0.4, 0.5) is 0 Å². The summed E-state index contributed by atoms with van der Waals surface area (Å²) in [6.07, 6.45) is 0.952. The molecule has 0 spiro atoms. The highest BCUT2D eigenvalue weighted by atomic mass is 16.5. The van der Waals surface area contributed by atoms with Crippen LogP contribution >= 0.6 is 0 Å². The fourth-order valence-corrected chi connectivity index (χ4v) is 5.69. The van der Waals surface area contributed by atoms with Crippen LogP contribution in [0.5, 0.6) is 0 Å². The van der Waals surface area contributed by atoms with Gasteiger partial charge in [0.05, 0.1) is 17.9 Å². The van der Waals surface area contributed by atoms with Crippen LogP contribution in [0.1, 0.15) is 40.4 Å². The summed E-state index contributed by atoms with van der Waals surface area (Å²) in [7, 11) is 1.44. The predicted molar refractivity (Wildman–Crippen MR) is 121 cm³/mol. The highest BCUT2D eigenvalue weighted by molar-refractivity contribution is 6.19. The van der Waals surface area contributed by atoms with E-state index in [2.05, 4.69) is 12.1 Å². The van der Waals surface area contributed by atoms with Crippen molar-refractivity contribution in [3.05, 3.63) is 107 Å². The normalized spacial score (nSPS) is 23.9. The molecule has 0 bridgehead atoms. The largest absolute Gasteiger partial charge is 0.468 e. The van der Waals surface area contributed by atoms with Gasteiger partial charge in [0.1, 0.15) is 0 Å². The van der Waals surface area contributed by atoms with Gasteiger partial charge in [0.15, 0.2) is 5.78 Å². The second-order valence-corrected chi connectivity index (χ2v) is 8.73. The second kappa shape index (κ2) is 7.05. The maximum atomic E-state index is 14.0. The van der Waals surface area contributed by atoms with Gasteiger partial charge in [-0.15, -0.1) is 0 Å². The lowest BCUT2D eigenvalue weighted by atomic mass is 9.70. The first kappa shape index (κ1) is 19.5. The van der Waals surface area contributed by atoms with E-state index in [0.717, 1.165) is 27.8 Å². The second-order valence-electron chi connectivity index (χ2n) is 8.73. The van der Waals surface area contributed by atoms with Gasteiger partial charge in [-0.05, 0) is 47.6 Å². The lowest BCUT2D eigenvalue weighted by Crippen LogP contribution is -2.36. The Morgan fingerprint density at radius 3 is 2.10 bits per heavy atom. The molecular weight excluding hydrogens is 384 g/mol. The van der Waals surface area contributed by atoms with Crippen molar-refractivity contribution in [2.75, 3.05) is 7.11 Å². The topological polar surface area (TPSA) is 43.4 Å². The van der Waals surface area contributed by atoms with Gasteiger partial charge in [-0.25, -0.2) is 0 Å². The first-order chi connectivity index (χ1) is 15.0. The van der Waals surface area contributed by atoms with E-state index in [9.17, 15) is 9.59 Å². The zero-order valence-electron chi connectivity index (χ0n) is 17.7. The molecule has 2 aliphatic rings. The number of hydrogen-bond acceptors (Lipinski definition) is 3. The van der Waals surface area contributed by atoms with E-state index in [1.54, 1.807) is 0 Å². The summed E-state index contributed by atoms with van der Waals surface area (Å²) in [6.45, 7) is 1.99. The summed E-state index contributed by atoms with van der Waals surface area (Å²) >= 11 is 0. The molecule has 0 radical (unpaired) electrons. The molecule has 31 heavy (non-hydrogen) atoms. The fraction of sp³-hybridized carbons (Fsp3) is 0.214. The van der Waals surface area contributed by atoms with Gasteiger partial charge < -0.3 is 4.74 Å². The first-order valence-corrected chi connectivity index (χ1v) is 10.6. The standard InChI is InChI=1S/C28H24O3/c1-27(25(29)20-13-7-4-8-14-20)18-28(26(30)31-2)17-21-15-9-10-16-22(21)24(28)23(27)19-11-5-3-6-12-19/h3-16H,17-18H2,1-2H3. The zero-order chi connectivity index (χ0) is 21.6. The molecule has 5 rings (SSSR count). The summed E-state index contributed by atoms with van der Waals surface area (Å²) in [6, 6.07) is 27.5. The van der Waals surface area contributed by atoms with Crippen molar-refractivity contribution >= 4 is 22.9 Å². The quantitative estimate of drug-likeness (QED) is 0.417. The molecule has 2 atom stereocenters. The third-order valence-corrected chi connectivity index (χ3v) is 6.89. The predicted octanol–water partition coefficient (Wildman–Crippen LogP) is 5.61. The molecule has 3 aromatic rings. The number of methoxy groups -OCH3 is 1. The fourth-order valence-electron chi connectivity index (χ4n) is 5.69. The highest BCUT2D eigenvalue weighted by Crippen LogP contribution is 2.66. The number of ether oxygens (including phenoxy) is 1. The Kier molecular flexibility index (Phi) is 4.44. The Hall–Kier alpha value is -3.46. The molecule has 3 aromatic carbocycles. The van der Waals surface area contributed by atoms with Crippen LogP contribution in [-0.4, -0.2) is 18.9 Å². The molecule has 0 saturated heterocycles. The van der Waals surface area contributed by atoms with Crippen molar-refractivity contribution < 1.29 is 14.3 Å². The Morgan fingerprint density at radius 2 is 1.42 bits per heavy atom. The molecule has 0 amide bonds.